The maximum Gasteiger partial charge on any atom is 0.311 e. The second-order valence-electron chi connectivity index (χ2n) is 5.04. The van der Waals surface area contributed by atoms with Crippen LogP contribution in [0.5, 0.6) is 0 Å². The van der Waals surface area contributed by atoms with E-state index < -0.39 is 11.4 Å². The fourth-order valence-electron chi connectivity index (χ4n) is 2.60. The molecule has 1 aliphatic carbocycles. The van der Waals surface area contributed by atoms with E-state index in [2.05, 4.69) is 15.5 Å². The molecular weight excluding hydrogens is 248 g/mol. The lowest BCUT2D eigenvalue weighted by Gasteiger charge is -2.32. The lowest BCUT2D eigenvalue weighted by Crippen LogP contribution is -2.38. The molecule has 1 aliphatic rings. The average Bonchev–Trinajstić information content (AvgIpc) is 2.84. The largest absolute Gasteiger partial charge is 0.481 e. The van der Waals surface area contributed by atoms with Gasteiger partial charge in [0.15, 0.2) is 5.82 Å². The molecule has 0 amide bonds. The van der Waals surface area contributed by atoms with E-state index in [1.54, 1.807) is 4.68 Å². The van der Waals surface area contributed by atoms with Gasteiger partial charge >= 0.3 is 5.97 Å². The predicted molar refractivity (Wildman–Crippen MR) is 66.3 cm³/mol. The van der Waals surface area contributed by atoms with Crippen molar-refractivity contribution in [2.24, 2.45) is 5.41 Å². The van der Waals surface area contributed by atoms with Crippen LogP contribution in [-0.4, -0.2) is 37.9 Å². The lowest BCUT2D eigenvalue weighted by atomic mass is 9.74. The van der Waals surface area contributed by atoms with E-state index in [1.165, 1.54) is 0 Å². The van der Waals surface area contributed by atoms with E-state index >= 15 is 0 Å². The number of aliphatic carboxylic acids is 1. The van der Waals surface area contributed by atoms with Crippen molar-refractivity contribution in [3.63, 3.8) is 0 Å². The van der Waals surface area contributed by atoms with Crippen LogP contribution < -0.4 is 0 Å². The van der Waals surface area contributed by atoms with E-state index in [0.717, 1.165) is 19.3 Å². The molecule has 0 aliphatic heterocycles. The maximum atomic E-state index is 11.6. The molecule has 7 nitrogen and oxygen atoms in total. The topological polar surface area (TPSA) is 90.1 Å². The van der Waals surface area contributed by atoms with Crippen LogP contribution in [-0.2, 0) is 22.7 Å². The van der Waals surface area contributed by atoms with E-state index in [9.17, 15) is 9.90 Å². The van der Waals surface area contributed by atoms with E-state index in [-0.39, 0.29) is 0 Å². The Labute approximate surface area is 111 Å². The smallest absolute Gasteiger partial charge is 0.311 e. The highest BCUT2D eigenvalue weighted by Gasteiger charge is 2.40. The summed E-state index contributed by atoms with van der Waals surface area (Å²) in [5.74, 6) is -0.155. The molecule has 0 bridgehead atoms. The number of carboxylic acids is 1. The van der Waals surface area contributed by atoms with Gasteiger partial charge in [-0.15, -0.1) is 5.10 Å². The van der Waals surface area contributed by atoms with E-state index in [0.29, 0.717) is 38.4 Å². The summed E-state index contributed by atoms with van der Waals surface area (Å²) in [6.45, 7) is 3.13. The monoisotopic (exact) mass is 268 g/mol. The molecule has 0 aromatic carbocycles. The summed E-state index contributed by atoms with van der Waals surface area (Å²) in [5, 5.41) is 21.0. The summed E-state index contributed by atoms with van der Waals surface area (Å²) in [4.78, 5) is 11.6. The van der Waals surface area contributed by atoms with Gasteiger partial charge in [-0.3, -0.25) is 4.79 Å². The van der Waals surface area contributed by atoms with Crippen molar-refractivity contribution in [1.29, 1.82) is 0 Å². The van der Waals surface area contributed by atoms with Gasteiger partial charge in [-0.1, -0.05) is 19.3 Å². The van der Waals surface area contributed by atoms with Crippen molar-refractivity contribution in [1.82, 2.24) is 20.2 Å². The van der Waals surface area contributed by atoms with Crippen LogP contribution in [0.25, 0.3) is 0 Å². The zero-order chi connectivity index (χ0) is 13.7. The second kappa shape index (κ2) is 6.10. The summed E-state index contributed by atoms with van der Waals surface area (Å²) in [5.41, 5.74) is -0.728. The van der Waals surface area contributed by atoms with Crippen LogP contribution in [0.3, 0.4) is 0 Å². The summed E-state index contributed by atoms with van der Waals surface area (Å²) < 4.78 is 6.87. The van der Waals surface area contributed by atoms with Crippen molar-refractivity contribution >= 4 is 5.97 Å². The first kappa shape index (κ1) is 13.9. The third-order valence-electron chi connectivity index (χ3n) is 3.76. The van der Waals surface area contributed by atoms with Crippen LogP contribution in [0, 0.1) is 5.41 Å². The normalized spacial score (nSPS) is 18.4. The SMILES string of the molecule is CCOCc1nnnn1CC1(C(=O)O)CCCCC1. The Hall–Kier alpha value is -1.50. The molecule has 0 unspecified atom stereocenters. The molecule has 1 aromatic rings. The van der Waals surface area contributed by atoms with Crippen molar-refractivity contribution in [2.75, 3.05) is 6.61 Å². The number of carbonyl (C=O) groups is 1. The quantitative estimate of drug-likeness (QED) is 0.835. The molecular formula is C12H20N4O3. The minimum atomic E-state index is -0.745. The highest BCUT2D eigenvalue weighted by Crippen LogP contribution is 2.38. The number of carboxylic acid groups (broad SMARTS) is 1. The Bertz CT molecular complexity index is 426. The summed E-state index contributed by atoms with van der Waals surface area (Å²) >= 11 is 0. The second-order valence-corrected chi connectivity index (χ2v) is 5.04. The van der Waals surface area contributed by atoms with E-state index in [1.807, 2.05) is 6.92 Å². The third-order valence-corrected chi connectivity index (χ3v) is 3.76. The Kier molecular flexibility index (Phi) is 4.47. The summed E-state index contributed by atoms with van der Waals surface area (Å²) in [7, 11) is 0. The number of hydrogen-bond donors (Lipinski definition) is 1. The van der Waals surface area contributed by atoms with Crippen LogP contribution in [0.1, 0.15) is 44.9 Å². The number of tetrazole rings is 1. The van der Waals surface area contributed by atoms with Gasteiger partial charge in [0.05, 0.1) is 12.0 Å². The number of rotatable bonds is 6. The Balaban J connectivity index is 2.13. The molecule has 1 N–H and O–H groups in total. The molecule has 1 fully saturated rings. The van der Waals surface area contributed by atoms with Crippen molar-refractivity contribution in [2.45, 2.75) is 52.2 Å². The molecule has 0 radical (unpaired) electrons. The molecule has 106 valence electrons. The van der Waals surface area contributed by atoms with Crippen LogP contribution >= 0.6 is 0 Å². The summed E-state index contributed by atoms with van der Waals surface area (Å²) in [6, 6.07) is 0. The molecule has 7 heteroatoms. The van der Waals surface area contributed by atoms with Gasteiger partial charge in [0, 0.05) is 6.61 Å². The fraction of sp³-hybridized carbons (Fsp3) is 0.833. The molecule has 1 heterocycles. The van der Waals surface area contributed by atoms with Gasteiger partial charge in [-0.05, 0) is 30.2 Å². The Morgan fingerprint density at radius 2 is 2.16 bits per heavy atom. The minimum Gasteiger partial charge on any atom is -0.481 e. The van der Waals surface area contributed by atoms with Gasteiger partial charge in [-0.25, -0.2) is 4.68 Å². The first-order valence-electron chi connectivity index (χ1n) is 6.74. The molecule has 0 spiro atoms. The first-order valence-corrected chi connectivity index (χ1v) is 6.74. The number of aromatic nitrogens is 4. The van der Waals surface area contributed by atoms with Crippen LogP contribution in [0.2, 0.25) is 0 Å². The fourth-order valence-corrected chi connectivity index (χ4v) is 2.60. The zero-order valence-electron chi connectivity index (χ0n) is 11.2. The van der Waals surface area contributed by atoms with Crippen LogP contribution in [0.4, 0.5) is 0 Å². The standard InChI is InChI=1S/C12H20N4O3/c1-2-19-8-10-13-14-15-16(10)9-12(11(17)18)6-4-3-5-7-12/h2-9H2,1H3,(H,17,18). The maximum absolute atomic E-state index is 11.6. The lowest BCUT2D eigenvalue weighted by molar-refractivity contribution is -0.152. The van der Waals surface area contributed by atoms with Gasteiger partial charge in [0.2, 0.25) is 0 Å². The molecule has 2 rings (SSSR count). The summed E-state index contributed by atoms with van der Waals surface area (Å²) in [6.07, 6.45) is 4.40. The molecule has 19 heavy (non-hydrogen) atoms. The Morgan fingerprint density at radius 1 is 1.42 bits per heavy atom. The highest BCUT2D eigenvalue weighted by atomic mass is 16.5. The van der Waals surface area contributed by atoms with E-state index in [4.69, 9.17) is 4.74 Å². The molecule has 0 atom stereocenters. The van der Waals surface area contributed by atoms with Crippen molar-refractivity contribution in [3.05, 3.63) is 5.82 Å². The molecule has 1 aromatic heterocycles. The zero-order valence-corrected chi connectivity index (χ0v) is 11.2. The highest BCUT2D eigenvalue weighted by molar-refractivity contribution is 5.74. The van der Waals surface area contributed by atoms with Gasteiger partial charge in [0.1, 0.15) is 6.61 Å². The minimum absolute atomic E-state index is 0.319. The predicted octanol–water partition coefficient (Wildman–Crippen LogP) is 1.24. The third kappa shape index (κ3) is 3.09. The number of hydrogen-bond acceptors (Lipinski definition) is 5. The van der Waals surface area contributed by atoms with Gasteiger partial charge in [-0.2, -0.15) is 0 Å². The molecule has 1 saturated carbocycles. The van der Waals surface area contributed by atoms with Crippen molar-refractivity contribution < 1.29 is 14.6 Å². The first-order chi connectivity index (χ1) is 9.18. The van der Waals surface area contributed by atoms with Crippen LogP contribution in [0.15, 0.2) is 0 Å². The Morgan fingerprint density at radius 3 is 2.79 bits per heavy atom. The van der Waals surface area contributed by atoms with Gasteiger partial charge < -0.3 is 9.84 Å². The number of ether oxygens (including phenoxy) is 1. The number of nitrogens with zero attached hydrogens (tertiary/aromatic N) is 4. The average molecular weight is 268 g/mol. The van der Waals surface area contributed by atoms with Crippen molar-refractivity contribution in [3.8, 4) is 0 Å². The van der Waals surface area contributed by atoms with Gasteiger partial charge in [0.25, 0.3) is 0 Å². The molecule has 0 saturated heterocycles.